The van der Waals surface area contributed by atoms with E-state index in [4.69, 9.17) is 15.9 Å². The van der Waals surface area contributed by atoms with Gasteiger partial charge in [-0.15, -0.1) is 6.42 Å². The van der Waals surface area contributed by atoms with Crippen LogP contribution in [0.2, 0.25) is 0 Å². The predicted molar refractivity (Wildman–Crippen MR) is 113 cm³/mol. The second-order valence-electron chi connectivity index (χ2n) is 5.74. The molecule has 0 saturated carbocycles. The SMILES string of the molecule is C#CCOc1cc(Br)c(/C=C(\C#N)C(=O)Nc2ccc(C)cc2)cc1OCC. The third-order valence-electron chi connectivity index (χ3n) is 3.65. The molecule has 0 saturated heterocycles. The molecule has 1 N–H and O–H groups in total. The number of hydrogen-bond donors (Lipinski definition) is 1. The predicted octanol–water partition coefficient (Wildman–Crippen LogP) is 4.71. The van der Waals surface area contributed by atoms with Crippen molar-refractivity contribution in [3.63, 3.8) is 0 Å². The number of rotatable bonds is 7. The monoisotopic (exact) mass is 438 g/mol. The van der Waals surface area contributed by atoms with Gasteiger partial charge in [-0.3, -0.25) is 4.79 Å². The molecule has 0 spiro atoms. The number of carbonyl (C=O) groups excluding carboxylic acids is 1. The number of aryl methyl sites for hydroxylation is 1. The summed E-state index contributed by atoms with van der Waals surface area (Å²) < 4.78 is 11.7. The maximum Gasteiger partial charge on any atom is 0.266 e. The molecule has 0 bridgehead atoms. The van der Waals surface area contributed by atoms with Crippen molar-refractivity contribution in [2.24, 2.45) is 0 Å². The summed E-state index contributed by atoms with van der Waals surface area (Å²) in [7, 11) is 0. The van der Waals surface area contributed by atoms with Crippen LogP contribution in [-0.4, -0.2) is 19.1 Å². The van der Waals surface area contributed by atoms with Crippen LogP contribution in [0.15, 0.2) is 46.4 Å². The highest BCUT2D eigenvalue weighted by atomic mass is 79.9. The first kappa shape index (κ1) is 21.1. The van der Waals surface area contributed by atoms with Crippen molar-refractivity contribution in [2.45, 2.75) is 13.8 Å². The van der Waals surface area contributed by atoms with Gasteiger partial charge < -0.3 is 14.8 Å². The largest absolute Gasteiger partial charge is 0.490 e. The van der Waals surface area contributed by atoms with Crippen molar-refractivity contribution in [3.05, 3.63) is 57.6 Å². The Morgan fingerprint density at radius 3 is 2.54 bits per heavy atom. The molecule has 142 valence electrons. The Labute approximate surface area is 173 Å². The molecule has 0 unspecified atom stereocenters. The van der Waals surface area contributed by atoms with Gasteiger partial charge in [0.15, 0.2) is 11.5 Å². The number of nitriles is 1. The zero-order chi connectivity index (χ0) is 20.5. The lowest BCUT2D eigenvalue weighted by molar-refractivity contribution is -0.112. The third-order valence-corrected chi connectivity index (χ3v) is 4.33. The van der Waals surface area contributed by atoms with E-state index in [-0.39, 0.29) is 12.2 Å². The Kier molecular flexibility index (Phi) is 7.68. The number of carbonyl (C=O) groups is 1. The lowest BCUT2D eigenvalue weighted by atomic mass is 10.1. The molecule has 0 heterocycles. The number of ether oxygens (including phenoxy) is 2. The van der Waals surface area contributed by atoms with Gasteiger partial charge in [0.25, 0.3) is 5.91 Å². The maximum absolute atomic E-state index is 12.5. The van der Waals surface area contributed by atoms with Crippen molar-refractivity contribution in [1.29, 1.82) is 5.26 Å². The Hall–Kier alpha value is -3.22. The number of halogens is 1. The average molecular weight is 439 g/mol. The molecule has 2 aromatic carbocycles. The van der Waals surface area contributed by atoms with E-state index in [0.29, 0.717) is 33.8 Å². The third kappa shape index (κ3) is 5.64. The number of nitrogens with one attached hydrogen (secondary N) is 1. The molecule has 2 rings (SSSR count). The van der Waals surface area contributed by atoms with Gasteiger partial charge >= 0.3 is 0 Å². The quantitative estimate of drug-likeness (QED) is 0.385. The highest BCUT2D eigenvalue weighted by Gasteiger charge is 2.14. The van der Waals surface area contributed by atoms with Crippen LogP contribution in [0.1, 0.15) is 18.1 Å². The first-order valence-electron chi connectivity index (χ1n) is 8.51. The standard InChI is InChI=1S/C22H19BrN2O3/c1-4-10-28-21-13-19(23)16(12-20(21)27-5-2)11-17(14-24)22(26)25-18-8-6-15(3)7-9-18/h1,6-9,11-13H,5,10H2,2-3H3,(H,25,26)/b17-11+. The zero-order valence-corrected chi connectivity index (χ0v) is 17.2. The van der Waals surface area contributed by atoms with Crippen molar-refractivity contribution < 1.29 is 14.3 Å². The topological polar surface area (TPSA) is 71.3 Å². The van der Waals surface area contributed by atoms with Gasteiger partial charge in [0.1, 0.15) is 18.2 Å². The minimum atomic E-state index is -0.496. The van der Waals surface area contributed by atoms with Gasteiger partial charge in [-0.25, -0.2) is 0 Å². The number of hydrogen-bond acceptors (Lipinski definition) is 4. The molecule has 0 aliphatic carbocycles. The van der Waals surface area contributed by atoms with Gasteiger partial charge in [-0.05, 0) is 49.8 Å². The van der Waals surface area contributed by atoms with E-state index in [0.717, 1.165) is 5.56 Å². The molecule has 6 heteroatoms. The number of anilines is 1. The average Bonchev–Trinajstić information content (AvgIpc) is 2.68. The second-order valence-corrected chi connectivity index (χ2v) is 6.59. The molecule has 1 amide bonds. The van der Waals surface area contributed by atoms with E-state index in [1.54, 1.807) is 24.3 Å². The fraction of sp³-hybridized carbons (Fsp3) is 0.182. The van der Waals surface area contributed by atoms with E-state index in [1.165, 1.54) is 6.08 Å². The second kappa shape index (κ2) is 10.2. The number of amides is 1. The normalized spacial score (nSPS) is 10.5. The first-order chi connectivity index (χ1) is 13.5. The lowest BCUT2D eigenvalue weighted by Gasteiger charge is -2.13. The van der Waals surface area contributed by atoms with E-state index >= 15 is 0 Å². The first-order valence-corrected chi connectivity index (χ1v) is 9.30. The molecular formula is C22H19BrN2O3. The molecule has 2 aromatic rings. The summed E-state index contributed by atoms with van der Waals surface area (Å²) in [6.07, 6.45) is 6.73. The molecule has 0 atom stereocenters. The Bertz CT molecular complexity index is 967. The lowest BCUT2D eigenvalue weighted by Crippen LogP contribution is -2.13. The highest BCUT2D eigenvalue weighted by Crippen LogP contribution is 2.35. The van der Waals surface area contributed by atoms with Crippen LogP contribution in [0, 0.1) is 30.6 Å². The molecule has 0 fully saturated rings. The Morgan fingerprint density at radius 2 is 1.93 bits per heavy atom. The molecule has 0 aromatic heterocycles. The Morgan fingerprint density at radius 1 is 1.25 bits per heavy atom. The van der Waals surface area contributed by atoms with Crippen molar-refractivity contribution in [1.82, 2.24) is 0 Å². The molecule has 0 aliphatic rings. The zero-order valence-electron chi connectivity index (χ0n) is 15.6. The summed E-state index contributed by atoms with van der Waals surface area (Å²) in [5.74, 6) is 2.86. The van der Waals surface area contributed by atoms with E-state index < -0.39 is 5.91 Å². The van der Waals surface area contributed by atoms with Crippen LogP contribution in [0.4, 0.5) is 5.69 Å². The van der Waals surface area contributed by atoms with E-state index in [2.05, 4.69) is 27.2 Å². The molecule has 0 aliphatic heterocycles. The summed E-state index contributed by atoms with van der Waals surface area (Å²) in [4.78, 5) is 12.5. The minimum Gasteiger partial charge on any atom is -0.490 e. The molecule has 5 nitrogen and oxygen atoms in total. The number of terminal acetylenes is 1. The van der Waals surface area contributed by atoms with Crippen molar-refractivity contribution >= 4 is 33.6 Å². The summed E-state index contributed by atoms with van der Waals surface area (Å²) >= 11 is 3.43. The van der Waals surface area contributed by atoms with E-state index in [1.807, 2.05) is 32.0 Å². The number of nitrogens with zero attached hydrogens (tertiary/aromatic N) is 1. The van der Waals surface area contributed by atoms with Gasteiger partial charge in [-0.1, -0.05) is 39.5 Å². The summed E-state index contributed by atoms with van der Waals surface area (Å²) in [5, 5.41) is 12.2. The van der Waals surface area contributed by atoms with Gasteiger partial charge in [0, 0.05) is 10.2 Å². The summed E-state index contributed by atoms with van der Waals surface area (Å²) in [5.41, 5.74) is 2.26. The smallest absolute Gasteiger partial charge is 0.266 e. The molecule has 28 heavy (non-hydrogen) atoms. The fourth-order valence-electron chi connectivity index (χ4n) is 2.30. The summed E-state index contributed by atoms with van der Waals surface area (Å²) in [6, 6.07) is 12.6. The number of benzene rings is 2. The van der Waals surface area contributed by atoms with Gasteiger partial charge in [0.05, 0.1) is 6.61 Å². The Balaban J connectivity index is 2.32. The van der Waals surface area contributed by atoms with Crippen LogP contribution in [0.3, 0.4) is 0 Å². The fourth-order valence-corrected chi connectivity index (χ4v) is 2.74. The van der Waals surface area contributed by atoms with Crippen LogP contribution in [0.5, 0.6) is 11.5 Å². The van der Waals surface area contributed by atoms with Gasteiger partial charge in [-0.2, -0.15) is 5.26 Å². The van der Waals surface area contributed by atoms with Crippen LogP contribution in [0.25, 0.3) is 6.08 Å². The van der Waals surface area contributed by atoms with Crippen molar-refractivity contribution in [2.75, 3.05) is 18.5 Å². The molecule has 0 radical (unpaired) electrons. The van der Waals surface area contributed by atoms with Crippen LogP contribution < -0.4 is 14.8 Å². The highest BCUT2D eigenvalue weighted by molar-refractivity contribution is 9.10. The van der Waals surface area contributed by atoms with Crippen LogP contribution in [-0.2, 0) is 4.79 Å². The maximum atomic E-state index is 12.5. The van der Waals surface area contributed by atoms with E-state index in [9.17, 15) is 10.1 Å². The van der Waals surface area contributed by atoms with Crippen molar-refractivity contribution in [3.8, 4) is 29.9 Å². The molecular weight excluding hydrogens is 420 g/mol. The van der Waals surface area contributed by atoms with Gasteiger partial charge in [0.2, 0.25) is 0 Å². The van der Waals surface area contributed by atoms with Crippen LogP contribution >= 0.6 is 15.9 Å². The summed E-state index contributed by atoms with van der Waals surface area (Å²) in [6.45, 7) is 4.33. The minimum absolute atomic E-state index is 0.0407.